The maximum Gasteiger partial charge on any atom is 0.0703 e. The molecule has 2 N–H and O–H groups in total. The van der Waals surface area contributed by atoms with E-state index in [2.05, 4.69) is 25.5 Å². The van der Waals surface area contributed by atoms with Crippen LogP contribution in [-0.2, 0) is 17.6 Å². The second kappa shape index (κ2) is 5.73. The fourth-order valence-electron chi connectivity index (χ4n) is 4.11. The Bertz CT molecular complexity index is 502. The molecule has 4 nitrogen and oxygen atoms in total. The van der Waals surface area contributed by atoms with Crippen LogP contribution in [0, 0.1) is 0 Å². The van der Waals surface area contributed by atoms with Gasteiger partial charge in [0, 0.05) is 23.9 Å². The zero-order valence-corrected chi connectivity index (χ0v) is 13.7. The van der Waals surface area contributed by atoms with E-state index in [0.29, 0.717) is 6.04 Å². The smallest absolute Gasteiger partial charge is 0.0703 e. The Balaban J connectivity index is 1.93. The number of aryl methyl sites for hydroxylation is 1. The molecule has 1 saturated heterocycles. The largest absolute Gasteiger partial charge is 0.375 e. The maximum atomic E-state index is 6.22. The van der Waals surface area contributed by atoms with Crippen molar-refractivity contribution in [2.75, 3.05) is 6.61 Å². The van der Waals surface area contributed by atoms with Crippen molar-refractivity contribution in [3.63, 3.8) is 0 Å². The Kier molecular flexibility index (Phi) is 4.10. The van der Waals surface area contributed by atoms with Crippen molar-refractivity contribution in [2.45, 2.75) is 83.4 Å². The second-order valence-electron chi connectivity index (χ2n) is 6.78. The summed E-state index contributed by atoms with van der Waals surface area (Å²) in [5.74, 6) is 0. The van der Waals surface area contributed by atoms with Gasteiger partial charge in [-0.15, -0.1) is 0 Å². The van der Waals surface area contributed by atoms with Crippen LogP contribution < -0.4 is 5.73 Å². The number of hydrogen-bond acceptors (Lipinski definition) is 3. The molecule has 0 amide bonds. The van der Waals surface area contributed by atoms with Crippen molar-refractivity contribution in [2.24, 2.45) is 5.73 Å². The molecule has 1 aliphatic carbocycles. The molecule has 1 spiro atoms. The van der Waals surface area contributed by atoms with Crippen LogP contribution in [-0.4, -0.2) is 22.0 Å². The molecule has 21 heavy (non-hydrogen) atoms. The molecule has 0 radical (unpaired) electrons. The molecule has 1 aliphatic heterocycles. The van der Waals surface area contributed by atoms with Crippen LogP contribution in [0.2, 0.25) is 0 Å². The van der Waals surface area contributed by atoms with Gasteiger partial charge in [-0.2, -0.15) is 5.10 Å². The minimum absolute atomic E-state index is 0.0705. The van der Waals surface area contributed by atoms with Crippen LogP contribution >= 0.6 is 0 Å². The Hall–Kier alpha value is -0.870. The number of nitrogens with two attached hydrogens (primary N) is 1. The highest BCUT2D eigenvalue weighted by molar-refractivity contribution is 5.30. The normalized spacial score (nSPS) is 25.8. The lowest BCUT2D eigenvalue weighted by Gasteiger charge is -2.47. The van der Waals surface area contributed by atoms with Crippen molar-refractivity contribution in [3.8, 4) is 0 Å². The summed E-state index contributed by atoms with van der Waals surface area (Å²) in [4.78, 5) is 0. The van der Waals surface area contributed by atoms with Crippen molar-refractivity contribution < 1.29 is 4.74 Å². The SMILES string of the molecule is CCc1nn(C2CCOC3(CCC3)C2)c(CC)c1C(C)N. The summed E-state index contributed by atoms with van der Waals surface area (Å²) in [7, 11) is 0. The summed E-state index contributed by atoms with van der Waals surface area (Å²) in [5.41, 5.74) is 10.2. The first-order chi connectivity index (χ1) is 10.1. The number of hydrogen-bond donors (Lipinski definition) is 1. The average Bonchev–Trinajstić information content (AvgIpc) is 2.84. The fraction of sp³-hybridized carbons (Fsp3) is 0.824. The molecule has 2 fully saturated rings. The zero-order chi connectivity index (χ0) is 15.0. The van der Waals surface area contributed by atoms with Crippen LogP contribution in [0.4, 0.5) is 0 Å². The van der Waals surface area contributed by atoms with E-state index in [1.807, 2.05) is 0 Å². The first-order valence-corrected chi connectivity index (χ1v) is 8.60. The van der Waals surface area contributed by atoms with Gasteiger partial charge >= 0.3 is 0 Å². The average molecular weight is 291 g/mol. The van der Waals surface area contributed by atoms with Crippen LogP contribution in [0.3, 0.4) is 0 Å². The van der Waals surface area contributed by atoms with Gasteiger partial charge in [-0.05, 0) is 51.9 Å². The highest BCUT2D eigenvalue weighted by Crippen LogP contribution is 2.46. The van der Waals surface area contributed by atoms with E-state index in [9.17, 15) is 0 Å². The monoisotopic (exact) mass is 291 g/mol. The Morgan fingerprint density at radius 3 is 2.67 bits per heavy atom. The summed E-state index contributed by atoms with van der Waals surface area (Å²) < 4.78 is 8.38. The van der Waals surface area contributed by atoms with E-state index in [1.54, 1.807) is 0 Å². The Morgan fingerprint density at radius 1 is 1.38 bits per heavy atom. The number of nitrogens with zero attached hydrogens (tertiary/aromatic N) is 2. The quantitative estimate of drug-likeness (QED) is 0.926. The standard InChI is InChI=1S/C17H29N3O/c1-4-14-16(12(3)18)15(5-2)20(19-14)13-7-10-21-17(11-13)8-6-9-17/h12-13H,4-11,18H2,1-3H3. The van der Waals surface area contributed by atoms with E-state index in [-0.39, 0.29) is 11.6 Å². The molecule has 3 rings (SSSR count). The van der Waals surface area contributed by atoms with Gasteiger partial charge in [-0.1, -0.05) is 13.8 Å². The van der Waals surface area contributed by atoms with Crippen molar-refractivity contribution in [1.29, 1.82) is 0 Å². The van der Waals surface area contributed by atoms with E-state index in [0.717, 1.165) is 32.3 Å². The first-order valence-electron chi connectivity index (χ1n) is 8.60. The number of ether oxygens (including phenoxy) is 1. The minimum atomic E-state index is 0.0705. The molecule has 2 atom stereocenters. The highest BCUT2D eigenvalue weighted by atomic mass is 16.5. The predicted octanol–water partition coefficient (Wildman–Crippen LogP) is 3.30. The highest BCUT2D eigenvalue weighted by Gasteiger charge is 2.43. The molecule has 118 valence electrons. The molecule has 4 heteroatoms. The molecule has 1 saturated carbocycles. The van der Waals surface area contributed by atoms with Gasteiger partial charge in [-0.3, -0.25) is 4.68 Å². The summed E-state index contributed by atoms with van der Waals surface area (Å²) in [5, 5.41) is 4.95. The Morgan fingerprint density at radius 2 is 2.14 bits per heavy atom. The van der Waals surface area contributed by atoms with E-state index in [1.165, 1.54) is 36.2 Å². The molecular weight excluding hydrogens is 262 g/mol. The zero-order valence-electron chi connectivity index (χ0n) is 13.7. The molecule has 2 unspecified atom stereocenters. The second-order valence-corrected chi connectivity index (χ2v) is 6.78. The molecule has 2 heterocycles. The van der Waals surface area contributed by atoms with Crippen molar-refractivity contribution >= 4 is 0 Å². The molecule has 0 aromatic carbocycles. The van der Waals surface area contributed by atoms with Crippen LogP contribution in [0.25, 0.3) is 0 Å². The third-order valence-corrected chi connectivity index (χ3v) is 5.33. The van der Waals surface area contributed by atoms with Gasteiger partial charge in [0.1, 0.15) is 0 Å². The topological polar surface area (TPSA) is 53.1 Å². The third-order valence-electron chi connectivity index (χ3n) is 5.33. The van der Waals surface area contributed by atoms with Gasteiger partial charge < -0.3 is 10.5 Å². The maximum absolute atomic E-state index is 6.22. The number of aromatic nitrogens is 2. The van der Waals surface area contributed by atoms with Gasteiger partial charge in [0.05, 0.1) is 17.3 Å². The lowest BCUT2D eigenvalue weighted by atomic mass is 9.74. The van der Waals surface area contributed by atoms with Gasteiger partial charge in [0.2, 0.25) is 0 Å². The van der Waals surface area contributed by atoms with E-state index >= 15 is 0 Å². The van der Waals surface area contributed by atoms with Crippen LogP contribution in [0.15, 0.2) is 0 Å². The van der Waals surface area contributed by atoms with Crippen LogP contribution in [0.1, 0.15) is 81.9 Å². The van der Waals surface area contributed by atoms with Crippen LogP contribution in [0.5, 0.6) is 0 Å². The van der Waals surface area contributed by atoms with Gasteiger partial charge in [0.15, 0.2) is 0 Å². The van der Waals surface area contributed by atoms with E-state index in [4.69, 9.17) is 15.6 Å². The van der Waals surface area contributed by atoms with Gasteiger partial charge in [-0.25, -0.2) is 0 Å². The minimum Gasteiger partial charge on any atom is -0.375 e. The first kappa shape index (κ1) is 15.0. The summed E-state index contributed by atoms with van der Waals surface area (Å²) >= 11 is 0. The lowest BCUT2D eigenvalue weighted by molar-refractivity contribution is -0.141. The van der Waals surface area contributed by atoms with Gasteiger partial charge in [0.25, 0.3) is 0 Å². The fourth-order valence-corrected chi connectivity index (χ4v) is 4.11. The van der Waals surface area contributed by atoms with Crippen molar-refractivity contribution in [3.05, 3.63) is 17.0 Å². The van der Waals surface area contributed by atoms with E-state index < -0.39 is 0 Å². The molecule has 2 aliphatic rings. The predicted molar refractivity (Wildman–Crippen MR) is 84.4 cm³/mol. The summed E-state index contributed by atoms with van der Waals surface area (Å²) in [6, 6.07) is 0.563. The Labute approximate surface area is 128 Å². The summed E-state index contributed by atoms with van der Waals surface area (Å²) in [6.45, 7) is 7.35. The summed E-state index contributed by atoms with van der Waals surface area (Å²) in [6.07, 6.45) is 7.96. The molecule has 1 aromatic rings. The molecule has 0 bridgehead atoms. The van der Waals surface area contributed by atoms with Crippen molar-refractivity contribution in [1.82, 2.24) is 9.78 Å². The third kappa shape index (κ3) is 2.53. The number of rotatable bonds is 4. The molecule has 1 aromatic heterocycles. The lowest BCUT2D eigenvalue weighted by Crippen LogP contribution is -2.46. The molecular formula is C17H29N3O.